The molecule has 0 bridgehead atoms. The van der Waals surface area contributed by atoms with Crippen molar-refractivity contribution in [2.45, 2.75) is 6.92 Å². The molecule has 112 valence electrons. The molecule has 0 aliphatic carbocycles. The molecule has 0 aliphatic heterocycles. The van der Waals surface area contributed by atoms with E-state index in [2.05, 4.69) is 5.32 Å². The largest absolute Gasteiger partial charge is 0.496 e. The smallest absolute Gasteiger partial charge is 0.255 e. The van der Waals surface area contributed by atoms with Gasteiger partial charge in [-0.3, -0.25) is 4.79 Å². The van der Waals surface area contributed by atoms with Gasteiger partial charge in [-0.05, 0) is 12.5 Å². The SMILES string of the molecule is COc1cc(OC)c(C(=O)NCC(C)CN)cc1OC. The number of hydrogen-bond donors (Lipinski definition) is 2. The molecule has 1 aromatic rings. The van der Waals surface area contributed by atoms with Gasteiger partial charge in [0.1, 0.15) is 5.75 Å². The standard InChI is InChI=1S/C14H22N2O4/c1-9(7-15)8-16-14(17)10-5-12(19-3)13(20-4)6-11(10)18-2/h5-6,9H,7-8,15H2,1-4H3,(H,16,17). The Bertz CT molecular complexity index is 463. The van der Waals surface area contributed by atoms with Gasteiger partial charge in [-0.1, -0.05) is 6.92 Å². The van der Waals surface area contributed by atoms with E-state index in [1.165, 1.54) is 21.3 Å². The molecule has 0 aromatic heterocycles. The average Bonchev–Trinajstić information content (AvgIpc) is 2.50. The van der Waals surface area contributed by atoms with E-state index in [1.54, 1.807) is 12.1 Å². The summed E-state index contributed by atoms with van der Waals surface area (Å²) in [6, 6.07) is 3.22. The molecule has 1 amide bonds. The lowest BCUT2D eigenvalue weighted by atomic mass is 10.1. The first-order valence-corrected chi connectivity index (χ1v) is 6.35. The lowest BCUT2D eigenvalue weighted by Gasteiger charge is -2.15. The zero-order valence-electron chi connectivity index (χ0n) is 12.4. The second-order valence-corrected chi connectivity index (χ2v) is 4.46. The number of carbonyl (C=O) groups excluding carboxylic acids is 1. The van der Waals surface area contributed by atoms with Crippen LogP contribution < -0.4 is 25.3 Å². The molecule has 0 saturated heterocycles. The number of ether oxygens (including phenoxy) is 3. The molecule has 1 rings (SSSR count). The summed E-state index contributed by atoms with van der Waals surface area (Å²) >= 11 is 0. The molecule has 0 fully saturated rings. The van der Waals surface area contributed by atoms with Gasteiger partial charge in [0.2, 0.25) is 0 Å². The maximum absolute atomic E-state index is 12.2. The first-order valence-electron chi connectivity index (χ1n) is 6.35. The molecule has 6 heteroatoms. The van der Waals surface area contributed by atoms with Crippen molar-refractivity contribution in [1.82, 2.24) is 5.32 Å². The highest BCUT2D eigenvalue weighted by molar-refractivity contribution is 5.97. The second kappa shape index (κ2) is 7.59. The van der Waals surface area contributed by atoms with Gasteiger partial charge < -0.3 is 25.3 Å². The lowest BCUT2D eigenvalue weighted by Crippen LogP contribution is -2.31. The van der Waals surface area contributed by atoms with Crippen molar-refractivity contribution < 1.29 is 19.0 Å². The average molecular weight is 282 g/mol. The molecule has 0 heterocycles. The number of nitrogens with two attached hydrogens (primary N) is 1. The molecule has 3 N–H and O–H groups in total. The Morgan fingerprint density at radius 2 is 1.70 bits per heavy atom. The van der Waals surface area contributed by atoms with Crippen LogP contribution in [0.3, 0.4) is 0 Å². The molecule has 1 atom stereocenters. The summed E-state index contributed by atoms with van der Waals surface area (Å²) in [5, 5.41) is 2.82. The van der Waals surface area contributed by atoms with Crippen LogP contribution >= 0.6 is 0 Å². The first-order chi connectivity index (χ1) is 9.57. The molecule has 1 aromatic carbocycles. The number of amides is 1. The predicted octanol–water partition coefficient (Wildman–Crippen LogP) is 1.04. The number of benzene rings is 1. The Morgan fingerprint density at radius 3 is 2.20 bits per heavy atom. The quantitative estimate of drug-likeness (QED) is 0.780. The van der Waals surface area contributed by atoms with Gasteiger partial charge in [0, 0.05) is 18.7 Å². The maximum atomic E-state index is 12.2. The molecule has 0 aliphatic rings. The monoisotopic (exact) mass is 282 g/mol. The Hall–Kier alpha value is -1.95. The molecule has 20 heavy (non-hydrogen) atoms. The fraction of sp³-hybridized carbons (Fsp3) is 0.500. The van der Waals surface area contributed by atoms with Crippen LogP contribution in [-0.4, -0.2) is 40.3 Å². The van der Waals surface area contributed by atoms with Crippen LogP contribution in [0.4, 0.5) is 0 Å². The minimum absolute atomic E-state index is 0.213. The molecular formula is C14H22N2O4. The predicted molar refractivity (Wildman–Crippen MR) is 76.6 cm³/mol. The van der Waals surface area contributed by atoms with Crippen LogP contribution in [-0.2, 0) is 0 Å². The molecule has 0 saturated carbocycles. The summed E-state index contributed by atoms with van der Waals surface area (Å²) in [4.78, 5) is 12.2. The Balaban J connectivity index is 3.00. The zero-order valence-corrected chi connectivity index (χ0v) is 12.4. The normalized spacial score (nSPS) is 11.7. The van der Waals surface area contributed by atoms with E-state index < -0.39 is 0 Å². The number of nitrogens with one attached hydrogen (secondary N) is 1. The third-order valence-electron chi connectivity index (χ3n) is 2.96. The summed E-state index contributed by atoms with van der Waals surface area (Å²) in [5.74, 6) is 1.40. The van der Waals surface area contributed by atoms with Crippen LogP contribution in [0.25, 0.3) is 0 Å². The first kappa shape index (κ1) is 16.1. The summed E-state index contributed by atoms with van der Waals surface area (Å²) in [6.07, 6.45) is 0. The zero-order chi connectivity index (χ0) is 15.1. The number of hydrogen-bond acceptors (Lipinski definition) is 5. The Morgan fingerprint density at radius 1 is 1.15 bits per heavy atom. The van der Waals surface area contributed by atoms with Crippen LogP contribution in [0.1, 0.15) is 17.3 Å². The van der Waals surface area contributed by atoms with Crippen molar-refractivity contribution in [3.8, 4) is 17.2 Å². The Kier molecular flexibility index (Phi) is 6.11. The van der Waals surface area contributed by atoms with Gasteiger partial charge in [0.25, 0.3) is 5.91 Å². The van der Waals surface area contributed by atoms with E-state index in [0.717, 1.165) is 0 Å². The summed E-state index contributed by atoms with van der Waals surface area (Å²) < 4.78 is 15.6. The highest BCUT2D eigenvalue weighted by Gasteiger charge is 2.17. The van der Waals surface area contributed by atoms with Gasteiger partial charge >= 0.3 is 0 Å². The number of methoxy groups -OCH3 is 3. The van der Waals surface area contributed by atoms with Crippen LogP contribution in [0, 0.1) is 5.92 Å². The Labute approximate surface area is 119 Å². The van der Waals surface area contributed by atoms with Crippen molar-refractivity contribution in [2.75, 3.05) is 34.4 Å². The van der Waals surface area contributed by atoms with Crippen molar-refractivity contribution in [2.24, 2.45) is 11.7 Å². The van der Waals surface area contributed by atoms with E-state index in [1.807, 2.05) is 6.92 Å². The van der Waals surface area contributed by atoms with E-state index >= 15 is 0 Å². The van der Waals surface area contributed by atoms with E-state index in [-0.39, 0.29) is 11.8 Å². The summed E-state index contributed by atoms with van der Waals surface area (Å²) in [6.45, 7) is 2.99. The van der Waals surface area contributed by atoms with E-state index in [4.69, 9.17) is 19.9 Å². The fourth-order valence-electron chi connectivity index (χ4n) is 1.65. The minimum atomic E-state index is -0.233. The molecule has 0 radical (unpaired) electrons. The summed E-state index contributed by atoms with van der Waals surface area (Å²) in [5.41, 5.74) is 5.92. The molecule has 1 unspecified atom stereocenters. The molecule has 6 nitrogen and oxygen atoms in total. The highest BCUT2D eigenvalue weighted by Crippen LogP contribution is 2.34. The second-order valence-electron chi connectivity index (χ2n) is 4.46. The van der Waals surface area contributed by atoms with Crippen molar-refractivity contribution in [1.29, 1.82) is 0 Å². The van der Waals surface area contributed by atoms with Crippen molar-refractivity contribution >= 4 is 5.91 Å². The van der Waals surface area contributed by atoms with Crippen molar-refractivity contribution in [3.63, 3.8) is 0 Å². The fourth-order valence-corrected chi connectivity index (χ4v) is 1.65. The van der Waals surface area contributed by atoms with Crippen LogP contribution in [0.2, 0.25) is 0 Å². The molecular weight excluding hydrogens is 260 g/mol. The molecule has 0 spiro atoms. The van der Waals surface area contributed by atoms with Gasteiger partial charge in [0.15, 0.2) is 11.5 Å². The van der Waals surface area contributed by atoms with E-state index in [9.17, 15) is 4.79 Å². The number of carbonyl (C=O) groups is 1. The topological polar surface area (TPSA) is 82.8 Å². The third-order valence-corrected chi connectivity index (χ3v) is 2.96. The van der Waals surface area contributed by atoms with E-state index in [0.29, 0.717) is 35.9 Å². The lowest BCUT2D eigenvalue weighted by molar-refractivity contribution is 0.0945. The van der Waals surface area contributed by atoms with Gasteiger partial charge in [-0.25, -0.2) is 0 Å². The van der Waals surface area contributed by atoms with Gasteiger partial charge in [-0.15, -0.1) is 0 Å². The third kappa shape index (κ3) is 3.77. The maximum Gasteiger partial charge on any atom is 0.255 e. The minimum Gasteiger partial charge on any atom is -0.496 e. The summed E-state index contributed by atoms with van der Waals surface area (Å²) in [7, 11) is 4.54. The van der Waals surface area contributed by atoms with Crippen LogP contribution in [0.15, 0.2) is 12.1 Å². The van der Waals surface area contributed by atoms with Gasteiger partial charge in [-0.2, -0.15) is 0 Å². The highest BCUT2D eigenvalue weighted by atomic mass is 16.5. The van der Waals surface area contributed by atoms with Gasteiger partial charge in [0.05, 0.1) is 26.9 Å². The van der Waals surface area contributed by atoms with Crippen LogP contribution in [0.5, 0.6) is 17.2 Å². The van der Waals surface area contributed by atoms with Crippen molar-refractivity contribution in [3.05, 3.63) is 17.7 Å². The number of rotatable bonds is 7.